The zero-order chi connectivity index (χ0) is 93.9. The fourth-order valence-corrected chi connectivity index (χ4v) is 17.6. The molecule has 0 unspecified atom stereocenters. The minimum atomic E-state index is -2.63. The number of carbonyl (C=O) groups is 7. The van der Waals surface area contributed by atoms with Crippen LogP contribution < -0.4 is 85.3 Å². The van der Waals surface area contributed by atoms with Gasteiger partial charge in [-0.25, -0.2) is 27.6 Å². The molecule has 0 spiro atoms. The average molecular weight is 1960 g/mol. The number of morpholine rings is 1. The highest BCUT2D eigenvalue weighted by molar-refractivity contribution is 8.72. The van der Waals surface area contributed by atoms with E-state index in [1.807, 2.05) is 18.0 Å². The van der Waals surface area contributed by atoms with Gasteiger partial charge in [0.15, 0.2) is 11.5 Å². The van der Waals surface area contributed by atoms with Crippen molar-refractivity contribution in [2.45, 2.75) is 192 Å². The zero-order valence-electron chi connectivity index (χ0n) is 78.8. The van der Waals surface area contributed by atoms with E-state index in [4.69, 9.17) is 18.9 Å². The number of esters is 1. The van der Waals surface area contributed by atoms with E-state index in [1.165, 1.54) is 202 Å². The molecule has 20 saturated heterocycles. The van der Waals surface area contributed by atoms with Crippen molar-refractivity contribution < 1.29 is 94.1 Å². The molecule has 762 valence electrons. The number of allylic oxidation sites excluding steroid dienone is 1. The number of nitrogens with one attached hydrogen (secondary N) is 16. The highest BCUT2D eigenvalue weighted by atomic mass is 33.1. The predicted octanol–water partition coefficient (Wildman–Crippen LogP) is 6.61. The number of piperazine rings is 1. The Labute approximate surface area is 800 Å². The van der Waals surface area contributed by atoms with Crippen LogP contribution in [0.5, 0.6) is 0 Å². The Bertz CT molecular complexity index is 2390. The highest BCUT2D eigenvalue weighted by Gasteiger charge is 2.31. The van der Waals surface area contributed by atoms with Crippen LogP contribution in [0, 0.1) is 0 Å². The second-order valence-corrected chi connectivity index (χ2v) is 38.7. The largest absolute Gasteiger partial charge is 0.508 e. The van der Waals surface area contributed by atoms with Crippen LogP contribution in [0.4, 0.5) is 19.2 Å². The van der Waals surface area contributed by atoms with Crippen molar-refractivity contribution in [3.05, 3.63) is 24.4 Å². The van der Waals surface area contributed by atoms with E-state index in [1.54, 1.807) is 6.34 Å². The van der Waals surface area contributed by atoms with E-state index in [0.717, 1.165) is 245 Å². The number of hydrogen-bond acceptors (Lipinski definition) is 37. The van der Waals surface area contributed by atoms with Crippen LogP contribution in [0.25, 0.3) is 0 Å². The number of cyclic esters (lactones) is 5. The van der Waals surface area contributed by atoms with Gasteiger partial charge in [-0.1, -0.05) is 42.8 Å². The minimum Gasteiger partial charge on any atom is -0.482 e. The summed E-state index contributed by atoms with van der Waals surface area (Å²) in [5.74, 6) is 7.70. The number of rotatable bonds is 0. The molecule has 16 N–H and O–H groups in total. The van der Waals surface area contributed by atoms with Crippen LogP contribution >= 0.6 is 46.1 Å². The Morgan fingerprint density at radius 3 is 1.11 bits per heavy atom. The van der Waals surface area contributed by atoms with Gasteiger partial charge >= 0.3 is 30.3 Å². The van der Waals surface area contributed by atoms with Gasteiger partial charge in [-0.05, 0) is 202 Å². The number of ether oxygens (including phenoxy) is 11. The van der Waals surface area contributed by atoms with Gasteiger partial charge in [0.1, 0.15) is 26.4 Å². The molecule has 24 aliphatic rings. The molecule has 38 nitrogen and oxygen atoms in total. The van der Waals surface area contributed by atoms with Crippen LogP contribution in [-0.2, 0) is 75.4 Å². The number of urea groups is 1. The van der Waals surface area contributed by atoms with Crippen LogP contribution in [0.2, 0.25) is 0 Å². The number of alkyl carbamates (subject to hydrolysis) is 2. The molecule has 131 heavy (non-hydrogen) atoms. The minimum absolute atomic E-state index is 0.0463. The van der Waals surface area contributed by atoms with E-state index in [2.05, 4.69) is 158 Å². The van der Waals surface area contributed by atoms with Gasteiger partial charge in [0.2, 0.25) is 14.8 Å². The maximum atomic E-state index is 10.4. The molecule has 0 aromatic rings. The summed E-state index contributed by atoms with van der Waals surface area (Å²) in [6.45, 7) is 36.2. The second kappa shape index (κ2) is 97.8. The van der Waals surface area contributed by atoms with E-state index in [9.17, 15) is 42.0 Å². The fourth-order valence-electron chi connectivity index (χ4n) is 11.9. The van der Waals surface area contributed by atoms with Crippen molar-refractivity contribution in [2.24, 2.45) is 9.98 Å². The number of nitrogens with zero attached hydrogens (tertiary/aromatic N) is 2. The zero-order valence-corrected chi connectivity index (χ0v) is 82.9. The number of aliphatic imine (C=N–C) groups is 2. The molecule has 0 aromatic carbocycles. The molecule has 43 heteroatoms. The molecule has 0 radical (unpaired) electrons. The Morgan fingerprint density at radius 1 is 0.359 bits per heavy atom. The number of thioether (sulfide) groups is 3. The van der Waals surface area contributed by atoms with Gasteiger partial charge in [-0.15, -0.1) is 11.8 Å². The predicted molar refractivity (Wildman–Crippen MR) is 529 cm³/mol. The van der Waals surface area contributed by atoms with Gasteiger partial charge in [0, 0.05) is 180 Å². The van der Waals surface area contributed by atoms with Crippen molar-refractivity contribution in [2.75, 3.05) is 290 Å². The molecule has 0 aromatic heterocycles. The van der Waals surface area contributed by atoms with Crippen LogP contribution in [-0.4, -0.2) is 365 Å². The number of fused-ring (bicyclic) bond motifs is 2. The van der Waals surface area contributed by atoms with Gasteiger partial charge in [0.05, 0.1) is 83.6 Å². The number of amides is 5. The average Bonchev–Trinajstić information content (AvgIpc) is 1.73. The number of epoxide rings is 1. The standard InChI is InChI=1S/C6H10O.C5H11N.C5H9N.C5H10O.C5H10S.C4H10N2.C4H7NO2.C4H9NO.C4H7NO.C4H9N.C4H7N.C4H6O2.C4H6OS.C4H8O.C3H6N2O.C3H6N2.C3H8N2.C3H5NO2.C3H5NO.C3H7NS.C3H4O3.C3H6O2S2.C2H4O/c1-2-6-4-3-5(1)7-6;4*1-2-4-6-5-3-1;1-2-6-4-3-5-1;6-4-5-2-1-3-7-4;1-3-6-4-2-5-1;6-4-2-1-3-5-4;2*1-2-4-5-3-1;2*5-4-2-1-3-6-4;1-2-4-5-3-1;6-3-4-1-2-5-3;1-2-5-3-4-1;1-2-4-5-3-1;5-3-4-1-2-6-3;2*1-2-5-3-4-1;4-3-5-1-2-6-3;4-7(5)3-1-2-6-7;1-2-3-1/h5-6H,1-4H2;6H,1-5H2;2,4,6H,1,3,5H2;2*1-5H2;5-6H,1-4H2;1-3H2,(H,5,6);5H,1-4H2;1-3H2,(H,5,6);5H,1-4H2;1-2,5H,3-4H2;2*1-3H2;1-4H2;1-2H2,(H2,4,5,6);3H,1-2H2,(H,4,5);4-5H,1-3H2;1-2H2,(H,4,5);3H,1-2H2;4H,1-3H2;1-2H2;1-3H2;1-2H2. The van der Waals surface area contributed by atoms with E-state index < -0.39 is 15.0 Å². The third-order valence-corrected chi connectivity index (χ3v) is 25.9. The summed E-state index contributed by atoms with van der Waals surface area (Å²) >= 11 is 5.52. The molecule has 5 amide bonds. The van der Waals surface area contributed by atoms with E-state index in [-0.39, 0.29) is 30.1 Å². The van der Waals surface area contributed by atoms with Gasteiger partial charge in [-0.3, -0.25) is 35.2 Å². The van der Waals surface area contributed by atoms with E-state index >= 15 is 0 Å². The van der Waals surface area contributed by atoms with Crippen molar-refractivity contribution in [1.82, 2.24) is 85.3 Å². The number of hydrogen-bond donors (Lipinski definition) is 16. The first-order chi connectivity index (χ1) is 64.4. The van der Waals surface area contributed by atoms with Crippen LogP contribution in [0.3, 0.4) is 0 Å². The van der Waals surface area contributed by atoms with Gasteiger partial charge in [0.25, 0.3) is 0 Å². The summed E-state index contributed by atoms with van der Waals surface area (Å²) < 4.78 is 72.5. The second-order valence-electron chi connectivity index (χ2n) is 30.9. The normalized spacial score (nSPS) is 23.7. The number of carbonyl (C=O) groups excluding carboxylic acids is 7. The molecule has 24 rings (SSSR count). The Hall–Kier alpha value is -5.30. The molecule has 0 saturated carbocycles. The summed E-state index contributed by atoms with van der Waals surface area (Å²) in [5, 5.41) is 41.6. The Balaban J connectivity index is 0.000000464. The number of piperidine rings is 1. The topological polar surface area (TPSA) is 476 Å². The van der Waals surface area contributed by atoms with Crippen molar-refractivity contribution in [3.8, 4) is 0 Å². The SMILES string of the molecule is C1=CCNC1.C1=CNCCC1.C1=NCCN1.C1=NCCO1.C1CC2CCC1O2.C1CCNC1.C1CCNCC1.C1CCOC1.C1CCOCC1.C1CCSCC1.C1CNCCN1.C1CNNC1.C1CO1.C1COCCN1.C1CSCN1.O=C1CCCN1.O=C1CCCO1.O=C1CCCS1.O=C1NCCCO1.O=C1NCCN1.O=C1NCCO1.O=C1OCCO1.O=S1(=O)CCCS1. The first kappa shape index (κ1) is 122. The van der Waals surface area contributed by atoms with Crippen molar-refractivity contribution in [1.29, 1.82) is 0 Å². The Morgan fingerprint density at radius 2 is 0.939 bits per heavy atom. The smallest absolute Gasteiger partial charge is 0.482 e. The van der Waals surface area contributed by atoms with Gasteiger partial charge in [-0.2, -0.15) is 11.8 Å². The lowest BCUT2D eigenvalue weighted by Gasteiger charge is -2.11. The monoisotopic (exact) mass is 1960 g/mol. The maximum Gasteiger partial charge on any atom is 0.508 e. The Kier molecular flexibility index (Phi) is 90.9. The molecule has 24 aliphatic heterocycles. The lowest BCUT2D eigenvalue weighted by molar-refractivity contribution is -0.138. The summed E-state index contributed by atoms with van der Waals surface area (Å²) in [5.41, 5.74) is 5.94. The molecular formula is C88H170N18O20S5. The van der Waals surface area contributed by atoms with Crippen molar-refractivity contribution >= 4 is 109 Å². The summed E-state index contributed by atoms with van der Waals surface area (Å²) in [7, 11) is -1.56. The molecule has 0 atom stereocenters. The van der Waals surface area contributed by atoms with E-state index in [0.29, 0.717) is 69.1 Å². The number of hydrazine groups is 1. The lowest BCUT2D eigenvalue weighted by atomic mass is 10.0. The lowest BCUT2D eigenvalue weighted by Crippen LogP contribution is -2.39. The molecule has 24 heterocycles. The summed E-state index contributed by atoms with van der Waals surface area (Å²) in [4.78, 5) is 77.8. The summed E-state index contributed by atoms with van der Waals surface area (Å²) in [6.07, 6.45) is 45.9. The molecule has 20 fully saturated rings. The first-order valence-corrected chi connectivity index (χ1v) is 54.8. The fraction of sp³-hybridized carbons (Fsp3) is 0.852. The highest BCUT2D eigenvalue weighted by Crippen LogP contribution is 2.33. The third kappa shape index (κ3) is 96.2. The van der Waals surface area contributed by atoms with Crippen LogP contribution in [0.1, 0.15) is 180 Å². The third-order valence-electron chi connectivity index (χ3n) is 19.1. The molecular weight excluding hydrogens is 1790 g/mol. The first-order valence-electron chi connectivity index (χ1n) is 48.4. The summed E-state index contributed by atoms with van der Waals surface area (Å²) in [6, 6.07) is -0.0463. The maximum absolute atomic E-state index is 10.4. The van der Waals surface area contributed by atoms with Gasteiger partial charge < -0.3 is 127 Å². The quantitative estimate of drug-likeness (QED) is 0.0398. The molecule has 2 bridgehead atoms. The van der Waals surface area contributed by atoms with Crippen molar-refractivity contribution in [3.63, 3.8) is 0 Å². The van der Waals surface area contributed by atoms with Crippen LogP contribution in [0.15, 0.2) is 34.4 Å². The molecule has 0 aliphatic carbocycles.